The van der Waals surface area contributed by atoms with Gasteiger partial charge in [-0.1, -0.05) is 13.8 Å². The van der Waals surface area contributed by atoms with E-state index in [4.69, 9.17) is 5.11 Å². The van der Waals surface area contributed by atoms with Gasteiger partial charge in [-0.25, -0.2) is 0 Å². The fourth-order valence-corrected chi connectivity index (χ4v) is 1.26. The minimum absolute atomic E-state index is 0.181. The molecule has 0 bridgehead atoms. The molecule has 0 rings (SSSR count). The standard InChI is InChI=1S/C10H24N2O2/c1-8(2)10(6-12(3)4)11-5-9(14)7-13/h8-11,13-14H,5-7H2,1-4H3. The van der Waals surface area contributed by atoms with Crippen LogP contribution in [0, 0.1) is 5.92 Å². The van der Waals surface area contributed by atoms with Gasteiger partial charge in [-0.15, -0.1) is 0 Å². The molecule has 0 aliphatic heterocycles. The second-order valence-corrected chi connectivity index (χ2v) is 4.36. The van der Waals surface area contributed by atoms with Crippen LogP contribution in [0.5, 0.6) is 0 Å². The molecule has 0 saturated heterocycles. The Kier molecular flexibility index (Phi) is 7.09. The van der Waals surface area contributed by atoms with E-state index in [1.54, 1.807) is 0 Å². The molecule has 86 valence electrons. The van der Waals surface area contributed by atoms with Crippen molar-refractivity contribution in [2.75, 3.05) is 33.8 Å². The number of hydrogen-bond donors (Lipinski definition) is 3. The van der Waals surface area contributed by atoms with Crippen molar-refractivity contribution in [3.63, 3.8) is 0 Å². The molecule has 0 aromatic heterocycles. The largest absolute Gasteiger partial charge is 0.394 e. The molecule has 0 aliphatic carbocycles. The van der Waals surface area contributed by atoms with E-state index in [1.807, 2.05) is 14.1 Å². The molecule has 4 heteroatoms. The fraction of sp³-hybridized carbons (Fsp3) is 1.00. The van der Waals surface area contributed by atoms with Crippen molar-refractivity contribution in [3.8, 4) is 0 Å². The van der Waals surface area contributed by atoms with Crippen LogP contribution in [-0.2, 0) is 0 Å². The summed E-state index contributed by atoms with van der Waals surface area (Å²) >= 11 is 0. The van der Waals surface area contributed by atoms with E-state index in [2.05, 4.69) is 24.1 Å². The van der Waals surface area contributed by atoms with E-state index in [1.165, 1.54) is 0 Å². The highest BCUT2D eigenvalue weighted by Crippen LogP contribution is 2.02. The average Bonchev–Trinajstić information content (AvgIpc) is 2.10. The lowest BCUT2D eigenvalue weighted by atomic mass is 10.0. The molecule has 0 aromatic rings. The van der Waals surface area contributed by atoms with Gasteiger partial charge >= 0.3 is 0 Å². The van der Waals surface area contributed by atoms with Gasteiger partial charge in [0.1, 0.15) is 0 Å². The molecule has 0 amide bonds. The van der Waals surface area contributed by atoms with Gasteiger partial charge in [-0.3, -0.25) is 0 Å². The summed E-state index contributed by atoms with van der Waals surface area (Å²) in [6, 6.07) is 0.353. The first-order chi connectivity index (χ1) is 6.47. The Balaban J connectivity index is 3.85. The molecule has 3 N–H and O–H groups in total. The maximum absolute atomic E-state index is 9.20. The Morgan fingerprint density at radius 3 is 2.21 bits per heavy atom. The SMILES string of the molecule is CC(C)C(CN(C)C)NCC(O)CO. The zero-order valence-corrected chi connectivity index (χ0v) is 9.70. The van der Waals surface area contributed by atoms with E-state index >= 15 is 0 Å². The zero-order valence-electron chi connectivity index (χ0n) is 9.70. The molecule has 0 fully saturated rings. The molecular weight excluding hydrogens is 180 g/mol. The predicted molar refractivity (Wildman–Crippen MR) is 58.3 cm³/mol. The molecule has 2 atom stereocenters. The summed E-state index contributed by atoms with van der Waals surface area (Å²) in [5, 5.41) is 21.1. The maximum atomic E-state index is 9.20. The Morgan fingerprint density at radius 1 is 1.29 bits per heavy atom. The number of nitrogens with one attached hydrogen (secondary N) is 1. The van der Waals surface area contributed by atoms with Crippen LogP contribution < -0.4 is 5.32 Å². The first-order valence-electron chi connectivity index (χ1n) is 5.14. The fourth-order valence-electron chi connectivity index (χ4n) is 1.26. The molecule has 4 nitrogen and oxygen atoms in total. The van der Waals surface area contributed by atoms with Crippen molar-refractivity contribution in [2.24, 2.45) is 5.92 Å². The van der Waals surface area contributed by atoms with Gasteiger partial charge in [0.25, 0.3) is 0 Å². The Morgan fingerprint density at radius 2 is 1.86 bits per heavy atom. The Hall–Kier alpha value is -0.160. The molecular formula is C10H24N2O2. The predicted octanol–water partition coefficient (Wildman–Crippen LogP) is -0.485. The average molecular weight is 204 g/mol. The highest BCUT2D eigenvalue weighted by Gasteiger charge is 2.14. The lowest BCUT2D eigenvalue weighted by Crippen LogP contribution is -2.45. The number of nitrogens with zero attached hydrogens (tertiary/aromatic N) is 1. The summed E-state index contributed by atoms with van der Waals surface area (Å²) in [5.74, 6) is 0.517. The molecule has 14 heavy (non-hydrogen) atoms. The highest BCUT2D eigenvalue weighted by molar-refractivity contribution is 4.74. The molecule has 0 heterocycles. The van der Waals surface area contributed by atoms with Gasteiger partial charge in [0, 0.05) is 19.1 Å². The summed E-state index contributed by atoms with van der Waals surface area (Å²) in [7, 11) is 4.05. The van der Waals surface area contributed by atoms with E-state index in [-0.39, 0.29) is 6.61 Å². The number of aliphatic hydroxyl groups excluding tert-OH is 2. The molecule has 0 aromatic carbocycles. The van der Waals surface area contributed by atoms with Crippen molar-refractivity contribution < 1.29 is 10.2 Å². The lowest BCUT2D eigenvalue weighted by Gasteiger charge is -2.26. The van der Waals surface area contributed by atoms with Crippen LogP contribution in [0.1, 0.15) is 13.8 Å². The van der Waals surface area contributed by atoms with Crippen LogP contribution in [-0.4, -0.2) is 61.1 Å². The molecule has 2 unspecified atom stereocenters. The molecule has 0 spiro atoms. The van der Waals surface area contributed by atoms with Crippen molar-refractivity contribution in [2.45, 2.75) is 26.0 Å². The lowest BCUT2D eigenvalue weighted by molar-refractivity contribution is 0.0886. The monoisotopic (exact) mass is 204 g/mol. The van der Waals surface area contributed by atoms with Crippen LogP contribution in [0.2, 0.25) is 0 Å². The molecule has 0 aliphatic rings. The van der Waals surface area contributed by atoms with Crippen LogP contribution in [0.15, 0.2) is 0 Å². The quantitative estimate of drug-likeness (QED) is 0.524. The van der Waals surface area contributed by atoms with E-state index in [0.717, 1.165) is 6.54 Å². The summed E-state index contributed by atoms with van der Waals surface area (Å²) in [4.78, 5) is 2.11. The van der Waals surface area contributed by atoms with Crippen molar-refractivity contribution in [1.29, 1.82) is 0 Å². The van der Waals surface area contributed by atoms with Gasteiger partial charge < -0.3 is 20.4 Å². The minimum Gasteiger partial charge on any atom is -0.394 e. The van der Waals surface area contributed by atoms with Crippen molar-refractivity contribution in [3.05, 3.63) is 0 Å². The molecule has 0 saturated carbocycles. The van der Waals surface area contributed by atoms with Gasteiger partial charge in [0.2, 0.25) is 0 Å². The minimum atomic E-state index is -0.654. The number of hydrogen-bond acceptors (Lipinski definition) is 4. The van der Waals surface area contributed by atoms with Gasteiger partial charge in [0.05, 0.1) is 12.7 Å². The van der Waals surface area contributed by atoms with Crippen LogP contribution >= 0.6 is 0 Å². The van der Waals surface area contributed by atoms with Crippen molar-refractivity contribution >= 4 is 0 Å². The zero-order chi connectivity index (χ0) is 11.1. The van der Waals surface area contributed by atoms with Gasteiger partial charge in [-0.2, -0.15) is 0 Å². The van der Waals surface area contributed by atoms with E-state index in [9.17, 15) is 5.11 Å². The Bertz CT molecular complexity index is 140. The number of rotatable bonds is 7. The number of likely N-dealkylation sites (N-methyl/N-ethyl adjacent to an activating group) is 1. The van der Waals surface area contributed by atoms with Crippen LogP contribution in [0.4, 0.5) is 0 Å². The first-order valence-corrected chi connectivity index (χ1v) is 5.14. The third kappa shape index (κ3) is 6.32. The Labute approximate surface area is 86.9 Å². The summed E-state index contributed by atoms with van der Waals surface area (Å²) in [5.41, 5.74) is 0. The maximum Gasteiger partial charge on any atom is 0.0895 e. The van der Waals surface area contributed by atoms with Crippen LogP contribution in [0.3, 0.4) is 0 Å². The second kappa shape index (κ2) is 7.17. The highest BCUT2D eigenvalue weighted by atomic mass is 16.3. The van der Waals surface area contributed by atoms with Gasteiger partial charge in [-0.05, 0) is 20.0 Å². The molecule has 0 radical (unpaired) electrons. The smallest absolute Gasteiger partial charge is 0.0895 e. The third-order valence-corrected chi connectivity index (χ3v) is 2.19. The first kappa shape index (κ1) is 13.8. The summed E-state index contributed by atoms with van der Waals surface area (Å²) in [6.45, 7) is 5.50. The van der Waals surface area contributed by atoms with E-state index in [0.29, 0.717) is 18.5 Å². The summed E-state index contributed by atoms with van der Waals surface area (Å²) in [6.07, 6.45) is -0.654. The normalized spacial score (nSPS) is 16.3. The number of aliphatic hydroxyl groups is 2. The van der Waals surface area contributed by atoms with Crippen LogP contribution in [0.25, 0.3) is 0 Å². The second-order valence-electron chi connectivity index (χ2n) is 4.36. The van der Waals surface area contributed by atoms with E-state index < -0.39 is 6.10 Å². The third-order valence-electron chi connectivity index (χ3n) is 2.19. The van der Waals surface area contributed by atoms with Gasteiger partial charge in [0.15, 0.2) is 0 Å². The van der Waals surface area contributed by atoms with Crippen molar-refractivity contribution in [1.82, 2.24) is 10.2 Å². The summed E-state index contributed by atoms with van der Waals surface area (Å²) < 4.78 is 0. The topological polar surface area (TPSA) is 55.7 Å².